The number of hydrogen-bond acceptors (Lipinski definition) is 4. The Hall–Kier alpha value is -1.07. The van der Waals surface area contributed by atoms with E-state index in [0.29, 0.717) is 6.04 Å². The normalized spacial score (nSPS) is 26.7. The minimum atomic E-state index is -0.331. The quantitative estimate of drug-likeness (QED) is 0.787. The maximum Gasteiger partial charge on any atom is 0.496 e. The third-order valence-electron chi connectivity index (χ3n) is 5.49. The molecule has 5 heteroatoms. The number of nitrogens with zero attached hydrogens (tertiary/aromatic N) is 2. The van der Waals surface area contributed by atoms with E-state index in [-0.39, 0.29) is 18.3 Å². The van der Waals surface area contributed by atoms with Gasteiger partial charge in [-0.05, 0) is 66.0 Å². The molecule has 1 atom stereocenters. The first-order valence-corrected chi connectivity index (χ1v) is 8.30. The van der Waals surface area contributed by atoms with E-state index < -0.39 is 0 Å². The highest BCUT2D eigenvalue weighted by molar-refractivity contribution is 6.62. The predicted molar refractivity (Wildman–Crippen MR) is 90.7 cm³/mol. The molecule has 0 unspecified atom stereocenters. The summed E-state index contributed by atoms with van der Waals surface area (Å²) < 4.78 is 12.3. The maximum atomic E-state index is 6.14. The molecule has 3 heterocycles. The van der Waals surface area contributed by atoms with E-state index in [2.05, 4.69) is 57.5 Å². The van der Waals surface area contributed by atoms with Crippen molar-refractivity contribution in [3.05, 3.63) is 17.8 Å². The molecule has 3 rings (SSSR count). The first-order valence-electron chi connectivity index (χ1n) is 8.30. The largest absolute Gasteiger partial charge is 0.496 e. The van der Waals surface area contributed by atoms with Gasteiger partial charge in [-0.25, -0.2) is 4.98 Å². The van der Waals surface area contributed by atoms with E-state index >= 15 is 0 Å². The molecule has 0 aliphatic carbocycles. The Morgan fingerprint density at radius 3 is 2.36 bits per heavy atom. The van der Waals surface area contributed by atoms with Crippen molar-refractivity contribution in [1.29, 1.82) is 0 Å². The van der Waals surface area contributed by atoms with Crippen LogP contribution >= 0.6 is 0 Å². The number of rotatable bonds is 2. The number of pyridine rings is 1. The lowest BCUT2D eigenvalue weighted by Crippen LogP contribution is -2.41. The minimum Gasteiger partial charge on any atom is -0.399 e. The van der Waals surface area contributed by atoms with Crippen molar-refractivity contribution in [2.24, 2.45) is 0 Å². The molecule has 0 bridgehead atoms. The van der Waals surface area contributed by atoms with Crippen molar-refractivity contribution in [1.82, 2.24) is 4.98 Å². The average Bonchev–Trinajstić information content (AvgIpc) is 2.91. The highest BCUT2D eigenvalue weighted by Crippen LogP contribution is 2.36. The Labute approximate surface area is 134 Å². The van der Waals surface area contributed by atoms with E-state index in [1.165, 1.54) is 18.4 Å². The second-order valence-electron chi connectivity index (χ2n) is 7.67. The lowest BCUT2D eigenvalue weighted by Gasteiger charge is -2.32. The molecule has 2 fully saturated rings. The van der Waals surface area contributed by atoms with E-state index in [4.69, 9.17) is 9.31 Å². The van der Waals surface area contributed by atoms with E-state index in [0.717, 1.165) is 17.8 Å². The number of anilines is 1. The fourth-order valence-electron chi connectivity index (χ4n) is 3.20. The van der Waals surface area contributed by atoms with Crippen molar-refractivity contribution in [2.45, 2.75) is 71.6 Å². The molecule has 0 spiro atoms. The molecule has 0 saturated carbocycles. The molecule has 2 aliphatic rings. The minimum absolute atomic E-state index is 0.313. The lowest BCUT2D eigenvalue weighted by atomic mass is 9.77. The van der Waals surface area contributed by atoms with Crippen molar-refractivity contribution < 1.29 is 9.31 Å². The van der Waals surface area contributed by atoms with Gasteiger partial charge in [0.2, 0.25) is 0 Å². The van der Waals surface area contributed by atoms with Crippen LogP contribution < -0.4 is 10.4 Å². The smallest absolute Gasteiger partial charge is 0.399 e. The van der Waals surface area contributed by atoms with E-state index in [1.807, 2.05) is 6.20 Å². The van der Waals surface area contributed by atoms with Crippen LogP contribution in [0.3, 0.4) is 0 Å². The fraction of sp³-hybridized carbons (Fsp3) is 0.706. The fourth-order valence-corrected chi connectivity index (χ4v) is 3.20. The van der Waals surface area contributed by atoms with Crippen LogP contribution in [0.4, 0.5) is 5.82 Å². The van der Waals surface area contributed by atoms with Crippen LogP contribution in [0.5, 0.6) is 0 Å². The zero-order valence-electron chi connectivity index (χ0n) is 14.6. The second kappa shape index (κ2) is 5.24. The summed E-state index contributed by atoms with van der Waals surface area (Å²) in [5, 5.41) is 0. The summed E-state index contributed by atoms with van der Waals surface area (Å²) in [6.07, 6.45) is 4.43. The topological polar surface area (TPSA) is 34.6 Å². The van der Waals surface area contributed by atoms with Gasteiger partial charge in [0.05, 0.1) is 11.2 Å². The van der Waals surface area contributed by atoms with Crippen molar-refractivity contribution >= 4 is 18.4 Å². The van der Waals surface area contributed by atoms with Gasteiger partial charge in [-0.1, -0.05) is 0 Å². The SMILES string of the molecule is Cc1cc(N2CCC[C@@H]2C)ncc1B1OC(C)(C)C(C)(C)O1. The van der Waals surface area contributed by atoms with Gasteiger partial charge >= 0.3 is 7.12 Å². The molecule has 2 aliphatic heterocycles. The number of aromatic nitrogens is 1. The van der Waals surface area contributed by atoms with Gasteiger partial charge < -0.3 is 14.2 Å². The van der Waals surface area contributed by atoms with Gasteiger partial charge in [0.15, 0.2) is 0 Å². The maximum absolute atomic E-state index is 6.14. The Kier molecular flexibility index (Phi) is 3.77. The van der Waals surface area contributed by atoms with Crippen LogP contribution in [0, 0.1) is 6.92 Å². The first-order chi connectivity index (χ1) is 10.2. The molecule has 0 amide bonds. The second-order valence-corrected chi connectivity index (χ2v) is 7.67. The van der Waals surface area contributed by atoms with Crippen molar-refractivity contribution in [3.8, 4) is 0 Å². The zero-order valence-corrected chi connectivity index (χ0v) is 14.6. The van der Waals surface area contributed by atoms with Crippen molar-refractivity contribution in [3.63, 3.8) is 0 Å². The van der Waals surface area contributed by atoms with E-state index in [9.17, 15) is 0 Å². The molecule has 1 aromatic heterocycles. The first kappa shape index (κ1) is 15.8. The monoisotopic (exact) mass is 302 g/mol. The third-order valence-corrected chi connectivity index (χ3v) is 5.49. The summed E-state index contributed by atoms with van der Waals surface area (Å²) in [4.78, 5) is 7.07. The molecule has 0 aromatic carbocycles. The molecular weight excluding hydrogens is 275 g/mol. The third kappa shape index (κ3) is 2.54. The summed E-state index contributed by atoms with van der Waals surface area (Å²) in [5.74, 6) is 1.07. The molecule has 0 radical (unpaired) electrons. The molecule has 120 valence electrons. The summed E-state index contributed by atoms with van der Waals surface area (Å²) in [7, 11) is -0.331. The van der Waals surface area contributed by atoms with Gasteiger partial charge in [0.1, 0.15) is 5.82 Å². The summed E-state index contributed by atoms with van der Waals surface area (Å²) in [5.41, 5.74) is 1.59. The van der Waals surface area contributed by atoms with Gasteiger partial charge in [0.25, 0.3) is 0 Å². The van der Waals surface area contributed by atoms with Crippen LogP contribution in [0.1, 0.15) is 53.0 Å². The van der Waals surface area contributed by atoms with Crippen LogP contribution in [0.25, 0.3) is 0 Å². The Balaban J connectivity index is 1.85. The summed E-state index contributed by atoms with van der Waals surface area (Å²) in [6.45, 7) is 13.8. The Morgan fingerprint density at radius 1 is 1.23 bits per heavy atom. The van der Waals surface area contributed by atoms with Gasteiger partial charge in [-0.15, -0.1) is 0 Å². The Morgan fingerprint density at radius 2 is 1.86 bits per heavy atom. The number of aryl methyl sites for hydroxylation is 1. The van der Waals surface area contributed by atoms with Crippen LogP contribution in [0.15, 0.2) is 12.3 Å². The highest BCUT2D eigenvalue weighted by Gasteiger charge is 2.52. The predicted octanol–water partition coefficient (Wildman–Crippen LogP) is 2.68. The molecular formula is C17H27BN2O2. The standard InChI is InChI=1S/C17H27BN2O2/c1-12-10-15(20-9-7-8-13(20)2)19-11-14(12)18-21-16(3,4)17(5,6)22-18/h10-11,13H,7-9H2,1-6H3/t13-/m0/s1. The molecule has 22 heavy (non-hydrogen) atoms. The van der Waals surface area contributed by atoms with Gasteiger partial charge in [-0.3, -0.25) is 0 Å². The number of hydrogen-bond donors (Lipinski definition) is 0. The van der Waals surface area contributed by atoms with Gasteiger partial charge in [-0.2, -0.15) is 0 Å². The van der Waals surface area contributed by atoms with Crippen molar-refractivity contribution in [2.75, 3.05) is 11.4 Å². The molecule has 2 saturated heterocycles. The molecule has 1 aromatic rings. The highest BCUT2D eigenvalue weighted by atomic mass is 16.7. The Bertz CT molecular complexity index is 558. The van der Waals surface area contributed by atoms with Crippen LogP contribution in [-0.2, 0) is 9.31 Å². The molecule has 4 nitrogen and oxygen atoms in total. The van der Waals surface area contributed by atoms with Crippen LogP contribution in [-0.4, -0.2) is 35.9 Å². The van der Waals surface area contributed by atoms with Crippen LogP contribution in [0.2, 0.25) is 0 Å². The zero-order chi connectivity index (χ0) is 16.1. The van der Waals surface area contributed by atoms with E-state index in [1.54, 1.807) is 0 Å². The molecule has 0 N–H and O–H groups in total. The average molecular weight is 302 g/mol. The lowest BCUT2D eigenvalue weighted by molar-refractivity contribution is 0.00578. The summed E-state index contributed by atoms with van der Waals surface area (Å²) >= 11 is 0. The van der Waals surface area contributed by atoms with Gasteiger partial charge in [0, 0.05) is 24.2 Å². The summed E-state index contributed by atoms with van der Waals surface area (Å²) in [6, 6.07) is 2.75.